The Hall–Kier alpha value is -1.46. The molecule has 1 aromatic rings. The Morgan fingerprint density at radius 1 is 1.15 bits per heavy atom. The fraction of sp³-hybridized carbons (Fsp3) is 0.500. The Labute approximate surface area is 124 Å². The molecule has 6 heteroatoms. The molecule has 20 heavy (non-hydrogen) atoms. The van der Waals surface area contributed by atoms with Crippen molar-refractivity contribution in [3.63, 3.8) is 0 Å². The summed E-state index contributed by atoms with van der Waals surface area (Å²) in [7, 11) is 0. The van der Waals surface area contributed by atoms with Gasteiger partial charge in [-0.15, -0.1) is 4.51 Å². The molecule has 1 heterocycles. The number of rotatable bonds is 3. The predicted molar refractivity (Wildman–Crippen MR) is 84.3 cm³/mol. The van der Waals surface area contributed by atoms with E-state index in [-0.39, 0.29) is 5.96 Å². The Morgan fingerprint density at radius 2 is 1.80 bits per heavy atom. The van der Waals surface area contributed by atoms with Gasteiger partial charge in [-0.05, 0) is 37.1 Å². The number of hydrogen-bond acceptors (Lipinski definition) is 3. The number of benzene rings is 1. The zero-order valence-electron chi connectivity index (χ0n) is 11.4. The smallest absolute Gasteiger partial charge is 0.210 e. The Morgan fingerprint density at radius 3 is 2.35 bits per heavy atom. The molecule has 0 aromatic heterocycles. The minimum Gasteiger partial charge on any atom is -0.369 e. The molecule has 0 unspecified atom stereocenters. The van der Waals surface area contributed by atoms with Gasteiger partial charge in [0.05, 0.1) is 0 Å². The highest BCUT2D eigenvalue weighted by molar-refractivity contribution is 6.20. The van der Waals surface area contributed by atoms with Gasteiger partial charge < -0.3 is 16.0 Å². The van der Waals surface area contributed by atoms with Crippen LogP contribution >= 0.6 is 11.8 Å². The van der Waals surface area contributed by atoms with Crippen LogP contribution in [0, 0.1) is 0 Å². The molecular formula is C14H20ClN5. The lowest BCUT2D eigenvalue weighted by molar-refractivity contribution is 0.248. The van der Waals surface area contributed by atoms with Crippen molar-refractivity contribution in [2.45, 2.75) is 18.9 Å². The van der Waals surface area contributed by atoms with Crippen molar-refractivity contribution in [3.05, 3.63) is 24.3 Å². The lowest BCUT2D eigenvalue weighted by Crippen LogP contribution is -2.47. The summed E-state index contributed by atoms with van der Waals surface area (Å²) in [6, 6.07) is 9.09. The number of halogens is 1. The number of nitrogens with one attached hydrogen (secondary N) is 1. The average molecular weight is 294 g/mol. The molecule has 2 aliphatic rings. The Balaban J connectivity index is 1.57. The van der Waals surface area contributed by atoms with Crippen LogP contribution in [0.2, 0.25) is 0 Å². The van der Waals surface area contributed by atoms with E-state index in [1.165, 1.54) is 31.6 Å². The first kappa shape index (κ1) is 13.5. The first-order valence-electron chi connectivity index (χ1n) is 7.07. The topological polar surface area (TPSA) is 56.9 Å². The summed E-state index contributed by atoms with van der Waals surface area (Å²) in [6.45, 7) is 4.57. The van der Waals surface area contributed by atoms with Crippen LogP contribution in [0.5, 0.6) is 0 Å². The van der Waals surface area contributed by atoms with Crippen LogP contribution in [0.15, 0.2) is 28.8 Å². The van der Waals surface area contributed by atoms with Gasteiger partial charge >= 0.3 is 0 Å². The monoisotopic (exact) mass is 293 g/mol. The quantitative estimate of drug-likeness (QED) is 0.660. The minimum atomic E-state index is 0.206. The molecule has 1 saturated heterocycles. The van der Waals surface area contributed by atoms with Crippen molar-refractivity contribution in [3.8, 4) is 0 Å². The van der Waals surface area contributed by atoms with E-state index in [0.717, 1.165) is 24.8 Å². The summed E-state index contributed by atoms with van der Waals surface area (Å²) in [5.74, 6) is 0.206. The van der Waals surface area contributed by atoms with Crippen LogP contribution in [0.25, 0.3) is 0 Å². The summed E-state index contributed by atoms with van der Waals surface area (Å²) in [6.07, 6.45) is 2.79. The van der Waals surface area contributed by atoms with E-state index in [9.17, 15) is 0 Å². The number of nitrogens with zero attached hydrogens (tertiary/aromatic N) is 3. The highest BCUT2D eigenvalue weighted by atomic mass is 35.5. The Bertz CT molecular complexity index is 475. The summed E-state index contributed by atoms with van der Waals surface area (Å²) < 4.78 is 3.37. The molecular weight excluding hydrogens is 274 g/mol. The van der Waals surface area contributed by atoms with Crippen molar-refractivity contribution >= 4 is 29.1 Å². The molecule has 0 amide bonds. The molecule has 0 atom stereocenters. The van der Waals surface area contributed by atoms with E-state index < -0.39 is 0 Å². The lowest BCUT2D eigenvalue weighted by atomic mass is 10.2. The fourth-order valence-electron chi connectivity index (χ4n) is 2.71. The molecule has 0 radical (unpaired) electrons. The minimum absolute atomic E-state index is 0.206. The van der Waals surface area contributed by atoms with Crippen LogP contribution in [0.1, 0.15) is 12.8 Å². The number of nitrogens with two attached hydrogens (primary N) is 1. The molecule has 1 aromatic carbocycles. The van der Waals surface area contributed by atoms with Crippen molar-refractivity contribution in [2.75, 3.05) is 36.4 Å². The van der Waals surface area contributed by atoms with E-state index in [1.807, 2.05) is 12.1 Å². The Kier molecular flexibility index (Phi) is 3.98. The van der Waals surface area contributed by atoms with E-state index in [2.05, 4.69) is 31.8 Å². The average Bonchev–Trinajstić information content (AvgIpc) is 3.33. The van der Waals surface area contributed by atoms with Gasteiger partial charge in [-0.2, -0.15) is 0 Å². The van der Waals surface area contributed by atoms with Crippen molar-refractivity contribution in [1.29, 1.82) is 0 Å². The zero-order valence-corrected chi connectivity index (χ0v) is 12.2. The van der Waals surface area contributed by atoms with Gasteiger partial charge in [0.2, 0.25) is 5.96 Å². The zero-order chi connectivity index (χ0) is 13.9. The number of anilines is 2. The van der Waals surface area contributed by atoms with Gasteiger partial charge in [-0.3, -0.25) is 4.90 Å². The van der Waals surface area contributed by atoms with E-state index in [1.54, 1.807) is 0 Å². The van der Waals surface area contributed by atoms with E-state index in [0.29, 0.717) is 0 Å². The standard InChI is InChI=1S/C14H20ClN5/c15-18-14(16)17-11-1-3-12(4-2-11)19-7-9-20(10-8-19)13-5-6-13/h1-4,13H,5-10H2,(H3,16,17,18). The molecule has 1 saturated carbocycles. The van der Waals surface area contributed by atoms with Crippen LogP contribution in [-0.4, -0.2) is 43.1 Å². The fourth-order valence-corrected chi connectivity index (χ4v) is 2.75. The van der Waals surface area contributed by atoms with Crippen molar-refractivity contribution < 1.29 is 0 Å². The molecule has 0 spiro atoms. The SMILES string of the molecule is NC(=NCl)Nc1ccc(N2CCN(C3CC3)CC2)cc1. The summed E-state index contributed by atoms with van der Waals surface area (Å²) in [5, 5.41) is 2.92. The van der Waals surface area contributed by atoms with Crippen LogP contribution < -0.4 is 16.0 Å². The molecule has 2 fully saturated rings. The molecule has 0 bridgehead atoms. The van der Waals surface area contributed by atoms with Crippen LogP contribution in [0.4, 0.5) is 11.4 Å². The first-order valence-corrected chi connectivity index (χ1v) is 7.40. The molecule has 108 valence electrons. The molecule has 3 rings (SSSR count). The highest BCUT2D eigenvalue weighted by Crippen LogP contribution is 2.28. The van der Waals surface area contributed by atoms with Crippen LogP contribution in [-0.2, 0) is 0 Å². The number of guanidine groups is 1. The third kappa shape index (κ3) is 3.16. The van der Waals surface area contributed by atoms with Gasteiger partial charge in [0.1, 0.15) is 0 Å². The summed E-state index contributed by atoms with van der Waals surface area (Å²) in [5.41, 5.74) is 7.68. The molecule has 1 aliphatic carbocycles. The lowest BCUT2D eigenvalue weighted by Gasteiger charge is -2.36. The second-order valence-corrected chi connectivity index (χ2v) is 5.56. The maximum Gasteiger partial charge on any atom is 0.210 e. The second kappa shape index (κ2) is 5.89. The van der Waals surface area contributed by atoms with Gasteiger partial charge in [-0.1, -0.05) is 0 Å². The van der Waals surface area contributed by atoms with Crippen molar-refractivity contribution in [1.82, 2.24) is 4.90 Å². The normalized spacial score (nSPS) is 21.1. The van der Waals surface area contributed by atoms with Gasteiger partial charge in [-0.25, -0.2) is 0 Å². The second-order valence-electron chi connectivity index (χ2n) is 5.40. The van der Waals surface area contributed by atoms with Crippen LogP contribution in [0.3, 0.4) is 0 Å². The maximum atomic E-state index is 5.53. The molecule has 1 aliphatic heterocycles. The van der Waals surface area contributed by atoms with Gasteiger partial charge in [0.15, 0.2) is 0 Å². The highest BCUT2D eigenvalue weighted by Gasteiger charge is 2.31. The largest absolute Gasteiger partial charge is 0.369 e. The van der Waals surface area contributed by atoms with Gasteiger partial charge in [0, 0.05) is 55.4 Å². The third-order valence-corrected chi connectivity index (χ3v) is 4.16. The van der Waals surface area contributed by atoms with E-state index in [4.69, 9.17) is 17.5 Å². The first-order chi connectivity index (χ1) is 9.76. The maximum absolute atomic E-state index is 5.53. The number of piperazine rings is 1. The van der Waals surface area contributed by atoms with Crippen molar-refractivity contribution in [2.24, 2.45) is 10.2 Å². The third-order valence-electron chi connectivity index (χ3n) is 3.97. The van der Waals surface area contributed by atoms with Gasteiger partial charge in [0.25, 0.3) is 0 Å². The predicted octanol–water partition coefficient (Wildman–Crippen LogP) is 1.85. The summed E-state index contributed by atoms with van der Waals surface area (Å²) in [4.78, 5) is 5.05. The van der Waals surface area contributed by atoms with E-state index >= 15 is 0 Å². The molecule has 5 nitrogen and oxygen atoms in total. The molecule has 3 N–H and O–H groups in total. The number of hydrogen-bond donors (Lipinski definition) is 2. The summed E-state index contributed by atoms with van der Waals surface area (Å²) >= 11 is 5.29.